The number of halogens is 1. The number of benzene rings is 1. The van der Waals surface area contributed by atoms with Crippen LogP contribution in [0.4, 0.5) is 10.1 Å². The first kappa shape index (κ1) is 30.4. The number of rotatable bonds is 9. The minimum absolute atomic E-state index is 0.205. The molecule has 1 aliphatic rings. The van der Waals surface area contributed by atoms with E-state index >= 15 is 0 Å². The average molecular weight is 565 g/mol. The highest BCUT2D eigenvalue weighted by atomic mass is 19.1. The van der Waals surface area contributed by atoms with Crippen LogP contribution in [-0.2, 0) is 16.0 Å². The third-order valence-electron chi connectivity index (χ3n) is 7.40. The number of hydrogen-bond acceptors (Lipinski definition) is 7. The second kappa shape index (κ2) is 12.1. The summed E-state index contributed by atoms with van der Waals surface area (Å²) >= 11 is 0. The van der Waals surface area contributed by atoms with Crippen LogP contribution in [-0.4, -0.2) is 51.3 Å². The maximum atomic E-state index is 13.2. The van der Waals surface area contributed by atoms with Crippen LogP contribution in [0.1, 0.15) is 76.1 Å². The van der Waals surface area contributed by atoms with Crippen molar-refractivity contribution < 1.29 is 23.8 Å². The lowest BCUT2D eigenvalue weighted by Crippen LogP contribution is -2.39. The summed E-state index contributed by atoms with van der Waals surface area (Å²) in [5, 5.41) is 10.3. The number of pyridine rings is 1. The molecule has 2 aromatic heterocycles. The lowest BCUT2D eigenvalue weighted by Gasteiger charge is -2.40. The topological polar surface area (TPSA) is 97.7 Å². The van der Waals surface area contributed by atoms with Crippen molar-refractivity contribution in [2.24, 2.45) is 5.41 Å². The molecule has 1 saturated heterocycles. The first-order chi connectivity index (χ1) is 19.2. The van der Waals surface area contributed by atoms with Gasteiger partial charge in [-0.25, -0.2) is 19.2 Å². The highest BCUT2D eigenvalue weighted by molar-refractivity contribution is 5.85. The standard InChI is InChI=1S/C32H41FN4O4/c1-20-26(28(30(38)39)41-31(3,4)5)27(37-15-13-32(6,7)14-16-37)24(18-34-20)25-19-35-29(21(2)36-25)40-17-12-22-8-10-23(33)11-9-22/h8-11,18-19,28H,12-17H2,1-7H3,(H,38,39)/t28-/m0/s1. The molecule has 1 N–H and O–H groups in total. The molecule has 0 amide bonds. The van der Waals surface area contributed by atoms with Crippen LogP contribution in [0.2, 0.25) is 0 Å². The number of carboxylic acid groups (broad SMARTS) is 1. The van der Waals surface area contributed by atoms with Crippen molar-refractivity contribution in [2.45, 2.75) is 79.4 Å². The summed E-state index contributed by atoms with van der Waals surface area (Å²) < 4.78 is 25.2. The van der Waals surface area contributed by atoms with Gasteiger partial charge in [0.25, 0.3) is 0 Å². The SMILES string of the molecule is Cc1nc(-c2cnc(C)c([C@H](OC(C)(C)C)C(=O)O)c2N2CCC(C)(C)CC2)cnc1OCCc1ccc(F)cc1. The van der Waals surface area contributed by atoms with E-state index in [1.54, 1.807) is 24.5 Å². The van der Waals surface area contributed by atoms with E-state index in [2.05, 4.69) is 28.7 Å². The summed E-state index contributed by atoms with van der Waals surface area (Å²) in [6.07, 6.45) is 4.74. The molecule has 41 heavy (non-hydrogen) atoms. The van der Waals surface area contributed by atoms with Crippen molar-refractivity contribution in [2.75, 3.05) is 24.6 Å². The van der Waals surface area contributed by atoms with Crippen LogP contribution in [0.3, 0.4) is 0 Å². The number of aromatic nitrogens is 3. The maximum absolute atomic E-state index is 13.2. The number of piperidine rings is 1. The van der Waals surface area contributed by atoms with Gasteiger partial charge in [0.2, 0.25) is 5.88 Å². The highest BCUT2D eigenvalue weighted by Crippen LogP contribution is 2.43. The third-order valence-corrected chi connectivity index (χ3v) is 7.40. The van der Waals surface area contributed by atoms with Crippen molar-refractivity contribution in [1.29, 1.82) is 0 Å². The van der Waals surface area contributed by atoms with Crippen LogP contribution in [0, 0.1) is 25.1 Å². The summed E-state index contributed by atoms with van der Waals surface area (Å²) in [6.45, 7) is 15.6. The number of ether oxygens (including phenoxy) is 2. The zero-order valence-electron chi connectivity index (χ0n) is 25.1. The van der Waals surface area contributed by atoms with Crippen LogP contribution < -0.4 is 9.64 Å². The van der Waals surface area contributed by atoms with E-state index in [4.69, 9.17) is 14.5 Å². The monoisotopic (exact) mass is 564 g/mol. The number of carboxylic acids is 1. The highest BCUT2D eigenvalue weighted by Gasteiger charge is 2.36. The van der Waals surface area contributed by atoms with Gasteiger partial charge in [0, 0.05) is 42.5 Å². The van der Waals surface area contributed by atoms with E-state index in [0.717, 1.165) is 37.2 Å². The van der Waals surface area contributed by atoms with Gasteiger partial charge in [-0.15, -0.1) is 0 Å². The Bertz CT molecular complexity index is 1380. The molecule has 0 spiro atoms. The van der Waals surface area contributed by atoms with Crippen LogP contribution in [0.25, 0.3) is 11.3 Å². The van der Waals surface area contributed by atoms with Crippen molar-refractivity contribution in [1.82, 2.24) is 15.0 Å². The number of hydrogen-bond donors (Lipinski definition) is 1. The summed E-state index contributed by atoms with van der Waals surface area (Å²) in [5.74, 6) is -0.919. The lowest BCUT2D eigenvalue weighted by atomic mass is 9.82. The van der Waals surface area contributed by atoms with Gasteiger partial charge in [0.15, 0.2) is 6.10 Å². The molecule has 8 nitrogen and oxygen atoms in total. The fourth-order valence-corrected chi connectivity index (χ4v) is 5.03. The van der Waals surface area contributed by atoms with Crippen molar-refractivity contribution in [3.8, 4) is 17.1 Å². The molecule has 0 unspecified atom stereocenters. The largest absolute Gasteiger partial charge is 0.479 e. The van der Waals surface area contributed by atoms with Crippen LogP contribution in [0.15, 0.2) is 36.7 Å². The van der Waals surface area contributed by atoms with E-state index in [1.807, 2.05) is 34.6 Å². The summed E-state index contributed by atoms with van der Waals surface area (Å²) in [4.78, 5) is 28.8. The van der Waals surface area contributed by atoms with E-state index in [1.165, 1.54) is 12.1 Å². The summed E-state index contributed by atoms with van der Waals surface area (Å²) in [6, 6.07) is 6.33. The smallest absolute Gasteiger partial charge is 0.337 e. The van der Waals surface area contributed by atoms with Crippen molar-refractivity contribution >= 4 is 11.7 Å². The molecule has 1 fully saturated rings. The van der Waals surface area contributed by atoms with E-state index < -0.39 is 17.7 Å². The normalized spacial score (nSPS) is 16.0. The number of carbonyl (C=O) groups is 1. The van der Waals surface area contributed by atoms with Gasteiger partial charge in [-0.05, 0) is 70.6 Å². The van der Waals surface area contributed by atoms with Gasteiger partial charge < -0.3 is 19.5 Å². The molecule has 0 saturated carbocycles. The first-order valence-corrected chi connectivity index (χ1v) is 14.1. The quantitative estimate of drug-likeness (QED) is 0.315. The molecule has 3 heterocycles. The Hall–Kier alpha value is -3.59. The van der Waals surface area contributed by atoms with Gasteiger partial charge in [-0.2, -0.15) is 0 Å². The Morgan fingerprint density at radius 1 is 1.07 bits per heavy atom. The fourth-order valence-electron chi connectivity index (χ4n) is 5.03. The Balaban J connectivity index is 1.71. The molecule has 1 aliphatic heterocycles. The van der Waals surface area contributed by atoms with Gasteiger partial charge in [0.05, 0.1) is 29.8 Å². The Morgan fingerprint density at radius 2 is 1.73 bits per heavy atom. The van der Waals surface area contributed by atoms with Crippen LogP contribution in [0.5, 0.6) is 5.88 Å². The molecule has 220 valence electrons. The van der Waals surface area contributed by atoms with E-state index in [-0.39, 0.29) is 11.2 Å². The average Bonchev–Trinajstić information content (AvgIpc) is 2.89. The van der Waals surface area contributed by atoms with Gasteiger partial charge in [-0.3, -0.25) is 4.98 Å². The molecule has 0 radical (unpaired) electrons. The van der Waals surface area contributed by atoms with Gasteiger partial charge in [-0.1, -0.05) is 26.0 Å². The molecule has 1 atom stereocenters. The molecule has 3 aromatic rings. The van der Waals surface area contributed by atoms with Crippen molar-refractivity contribution in [3.05, 3.63) is 65.0 Å². The zero-order chi connectivity index (χ0) is 29.9. The Morgan fingerprint density at radius 3 is 2.32 bits per heavy atom. The predicted molar refractivity (Wildman–Crippen MR) is 157 cm³/mol. The minimum Gasteiger partial charge on any atom is -0.479 e. The fraction of sp³-hybridized carbons (Fsp3) is 0.500. The second-order valence-corrected chi connectivity index (χ2v) is 12.5. The van der Waals surface area contributed by atoms with Gasteiger partial charge >= 0.3 is 5.97 Å². The number of aliphatic carboxylic acids is 1. The zero-order valence-corrected chi connectivity index (χ0v) is 25.1. The molecular formula is C32H41FN4O4. The molecule has 9 heteroatoms. The summed E-state index contributed by atoms with van der Waals surface area (Å²) in [7, 11) is 0. The van der Waals surface area contributed by atoms with Gasteiger partial charge in [0.1, 0.15) is 11.5 Å². The summed E-state index contributed by atoms with van der Waals surface area (Å²) in [5.41, 5.74) is 4.32. The predicted octanol–water partition coefficient (Wildman–Crippen LogP) is 6.48. The molecular weight excluding hydrogens is 523 g/mol. The van der Waals surface area contributed by atoms with Crippen molar-refractivity contribution in [3.63, 3.8) is 0 Å². The molecule has 0 aliphatic carbocycles. The number of anilines is 1. The molecule has 1 aromatic carbocycles. The third kappa shape index (κ3) is 7.58. The second-order valence-electron chi connectivity index (χ2n) is 12.5. The number of nitrogens with zero attached hydrogens (tertiary/aromatic N) is 4. The Labute approximate surface area is 242 Å². The van der Waals surface area contributed by atoms with E-state index in [9.17, 15) is 14.3 Å². The lowest BCUT2D eigenvalue weighted by molar-refractivity contribution is -0.160. The molecule has 4 rings (SSSR count). The maximum Gasteiger partial charge on any atom is 0.337 e. The molecule has 0 bridgehead atoms. The van der Waals surface area contributed by atoms with E-state index in [0.29, 0.717) is 47.1 Å². The van der Waals surface area contributed by atoms with Crippen LogP contribution >= 0.6 is 0 Å². The Kier molecular flexibility index (Phi) is 8.97. The first-order valence-electron chi connectivity index (χ1n) is 14.1. The minimum atomic E-state index is -1.20. The number of aryl methyl sites for hydroxylation is 2.